The molecule has 2 saturated heterocycles. The summed E-state index contributed by atoms with van der Waals surface area (Å²) < 4.78 is 20.0. The molecule has 2 aliphatic rings. The van der Waals surface area contributed by atoms with E-state index in [-0.39, 0.29) is 5.69 Å². The van der Waals surface area contributed by atoms with Gasteiger partial charge in [-0.2, -0.15) is 0 Å². The maximum absolute atomic E-state index is 14.8. The van der Waals surface area contributed by atoms with Crippen LogP contribution in [0.2, 0.25) is 0 Å². The number of anilines is 2. The van der Waals surface area contributed by atoms with Gasteiger partial charge >= 0.3 is 5.97 Å². The number of hydrogen-bond donors (Lipinski definition) is 1. The van der Waals surface area contributed by atoms with Crippen molar-refractivity contribution >= 4 is 29.2 Å². The van der Waals surface area contributed by atoms with Crippen LogP contribution in [0.4, 0.5) is 15.8 Å². The van der Waals surface area contributed by atoms with E-state index in [9.17, 15) is 18.8 Å². The summed E-state index contributed by atoms with van der Waals surface area (Å²) in [6.45, 7) is 0. The first-order chi connectivity index (χ1) is 17.3. The van der Waals surface area contributed by atoms with Crippen LogP contribution in [-0.4, -0.2) is 39.0 Å². The number of carbonyl (C=O) groups is 3. The number of methoxy groups -OCH3 is 1. The molecule has 0 spiro atoms. The number of nitrogens with one attached hydrogen (secondary N) is 1. The Bertz CT molecular complexity index is 1330. The van der Waals surface area contributed by atoms with E-state index in [4.69, 9.17) is 4.74 Å². The number of rotatable bonds is 5. The number of halogens is 1. The fraction of sp³-hybridized carbons (Fsp3) is 0.250. The van der Waals surface area contributed by atoms with Crippen molar-refractivity contribution in [3.05, 3.63) is 95.8 Å². The highest BCUT2D eigenvalue weighted by Crippen LogP contribution is 2.54. The SMILES string of the molecule is COC(=O)[C@]1(c2ccccc2)N[C@H](c2ccc(N(C)C)cc2)[C@@H]2C(=O)N(c3ccccc3F)C(=O)[C@@H]21. The third-order valence-electron chi connectivity index (χ3n) is 7.16. The van der Waals surface area contributed by atoms with E-state index < -0.39 is 47.0 Å². The van der Waals surface area contributed by atoms with Crippen LogP contribution in [0.25, 0.3) is 0 Å². The highest BCUT2D eigenvalue weighted by Gasteiger charge is 2.69. The summed E-state index contributed by atoms with van der Waals surface area (Å²) in [5, 5.41) is 3.34. The fourth-order valence-corrected chi connectivity index (χ4v) is 5.48. The summed E-state index contributed by atoms with van der Waals surface area (Å²) >= 11 is 0. The second-order valence-electron chi connectivity index (χ2n) is 9.24. The molecular weight excluding hydrogens is 461 g/mol. The molecule has 4 atom stereocenters. The molecule has 0 aromatic heterocycles. The lowest BCUT2D eigenvalue weighted by molar-refractivity contribution is -0.152. The number of para-hydroxylation sites is 1. The number of ether oxygens (including phenoxy) is 1. The first-order valence-corrected chi connectivity index (χ1v) is 11.6. The van der Waals surface area contributed by atoms with Gasteiger partial charge in [0.15, 0.2) is 5.54 Å². The summed E-state index contributed by atoms with van der Waals surface area (Å²) in [6.07, 6.45) is 0. The molecular formula is C28H26FN3O4. The molecule has 8 heteroatoms. The zero-order valence-electron chi connectivity index (χ0n) is 20.1. The molecule has 2 fully saturated rings. The zero-order valence-corrected chi connectivity index (χ0v) is 20.1. The molecule has 0 bridgehead atoms. The first kappa shape index (κ1) is 23.7. The Morgan fingerprint density at radius 2 is 1.58 bits per heavy atom. The van der Waals surface area contributed by atoms with Gasteiger partial charge in [-0.25, -0.2) is 14.1 Å². The molecule has 2 aliphatic heterocycles. The van der Waals surface area contributed by atoms with Crippen LogP contribution < -0.4 is 15.1 Å². The minimum Gasteiger partial charge on any atom is -0.467 e. The quantitative estimate of drug-likeness (QED) is 0.439. The lowest BCUT2D eigenvalue weighted by Crippen LogP contribution is -2.53. The lowest BCUT2D eigenvalue weighted by Gasteiger charge is -2.33. The fourth-order valence-electron chi connectivity index (χ4n) is 5.48. The van der Waals surface area contributed by atoms with E-state index in [0.29, 0.717) is 5.56 Å². The van der Waals surface area contributed by atoms with Crippen molar-refractivity contribution in [2.45, 2.75) is 11.6 Å². The number of carbonyl (C=O) groups excluding carboxylic acids is 3. The number of imide groups is 1. The molecule has 0 aliphatic carbocycles. The van der Waals surface area contributed by atoms with Crippen LogP contribution in [0.3, 0.4) is 0 Å². The van der Waals surface area contributed by atoms with E-state index in [1.807, 2.05) is 43.3 Å². The van der Waals surface area contributed by atoms with Crippen molar-refractivity contribution in [1.29, 1.82) is 0 Å². The maximum atomic E-state index is 14.8. The molecule has 2 amide bonds. The van der Waals surface area contributed by atoms with E-state index in [1.165, 1.54) is 25.3 Å². The van der Waals surface area contributed by atoms with Gasteiger partial charge in [-0.15, -0.1) is 0 Å². The monoisotopic (exact) mass is 487 g/mol. The van der Waals surface area contributed by atoms with Crippen LogP contribution in [0.5, 0.6) is 0 Å². The van der Waals surface area contributed by atoms with Gasteiger partial charge in [-0.3, -0.25) is 14.9 Å². The van der Waals surface area contributed by atoms with Crippen molar-refractivity contribution in [3.63, 3.8) is 0 Å². The van der Waals surface area contributed by atoms with Crippen molar-refractivity contribution in [2.75, 3.05) is 31.0 Å². The summed E-state index contributed by atoms with van der Waals surface area (Å²) in [5.74, 6) is -4.69. The van der Waals surface area contributed by atoms with Gasteiger partial charge in [-0.1, -0.05) is 54.6 Å². The topological polar surface area (TPSA) is 79.0 Å². The average molecular weight is 488 g/mol. The number of nitrogens with zero attached hydrogens (tertiary/aromatic N) is 2. The van der Waals surface area contributed by atoms with Crippen LogP contribution in [-0.2, 0) is 24.7 Å². The Morgan fingerprint density at radius 1 is 0.944 bits per heavy atom. The highest BCUT2D eigenvalue weighted by atomic mass is 19.1. The third kappa shape index (κ3) is 3.40. The van der Waals surface area contributed by atoms with Gasteiger partial charge in [0.05, 0.1) is 24.6 Å². The van der Waals surface area contributed by atoms with Gasteiger partial charge < -0.3 is 9.64 Å². The molecule has 3 aromatic carbocycles. The van der Waals surface area contributed by atoms with E-state index >= 15 is 0 Å². The van der Waals surface area contributed by atoms with Crippen molar-refractivity contribution in [3.8, 4) is 0 Å². The molecule has 0 unspecified atom stereocenters. The predicted molar refractivity (Wildman–Crippen MR) is 133 cm³/mol. The van der Waals surface area contributed by atoms with E-state index in [0.717, 1.165) is 16.2 Å². The van der Waals surface area contributed by atoms with Crippen LogP contribution in [0.15, 0.2) is 78.9 Å². The minimum atomic E-state index is -1.64. The van der Waals surface area contributed by atoms with Crippen molar-refractivity contribution in [2.24, 2.45) is 11.8 Å². The summed E-state index contributed by atoms with van der Waals surface area (Å²) in [4.78, 5) is 44.2. The van der Waals surface area contributed by atoms with Crippen molar-refractivity contribution < 1.29 is 23.5 Å². The lowest BCUT2D eigenvalue weighted by atomic mass is 9.75. The van der Waals surface area contributed by atoms with Gasteiger partial charge in [0, 0.05) is 25.8 Å². The van der Waals surface area contributed by atoms with Crippen LogP contribution >= 0.6 is 0 Å². The Hall–Kier alpha value is -4.04. The summed E-state index contributed by atoms with van der Waals surface area (Å²) in [7, 11) is 5.09. The molecule has 3 aromatic rings. The molecule has 1 N–H and O–H groups in total. The largest absolute Gasteiger partial charge is 0.467 e. The number of benzene rings is 3. The molecule has 7 nitrogen and oxygen atoms in total. The Labute approximate surface area is 208 Å². The maximum Gasteiger partial charge on any atom is 0.331 e. The van der Waals surface area contributed by atoms with Gasteiger partial charge in [0.25, 0.3) is 0 Å². The van der Waals surface area contributed by atoms with E-state index in [2.05, 4.69) is 5.32 Å². The smallest absolute Gasteiger partial charge is 0.331 e. The molecule has 5 rings (SSSR count). The number of amides is 2. The standard InChI is InChI=1S/C28H26FN3O4/c1-31(2)19-15-13-17(14-16-19)24-22-23(26(34)32(25(22)33)21-12-8-7-11-20(21)29)28(30-24,27(35)36-3)18-9-5-4-6-10-18/h4-16,22-24,30H,1-3H3/t22-,23-,24-,28-/m1/s1. The molecule has 184 valence electrons. The number of fused-ring (bicyclic) bond motifs is 1. The second-order valence-corrected chi connectivity index (χ2v) is 9.24. The third-order valence-corrected chi connectivity index (χ3v) is 7.16. The summed E-state index contributed by atoms with van der Waals surface area (Å²) in [5.41, 5.74) is 0.413. The van der Waals surface area contributed by atoms with Crippen molar-refractivity contribution in [1.82, 2.24) is 5.32 Å². The summed E-state index contributed by atoms with van der Waals surface area (Å²) in [6, 6.07) is 21.2. The van der Waals surface area contributed by atoms with Gasteiger partial charge in [0.2, 0.25) is 11.8 Å². The molecule has 2 heterocycles. The molecule has 0 radical (unpaired) electrons. The Balaban J connectivity index is 1.71. The Morgan fingerprint density at radius 3 is 2.19 bits per heavy atom. The minimum absolute atomic E-state index is 0.129. The van der Waals surface area contributed by atoms with Crippen LogP contribution in [0.1, 0.15) is 17.2 Å². The van der Waals surface area contributed by atoms with Crippen LogP contribution in [0, 0.1) is 17.7 Å². The van der Waals surface area contributed by atoms with Gasteiger partial charge in [-0.05, 0) is 35.4 Å². The number of hydrogen-bond acceptors (Lipinski definition) is 6. The first-order valence-electron chi connectivity index (χ1n) is 11.6. The van der Waals surface area contributed by atoms with Gasteiger partial charge in [0.1, 0.15) is 5.82 Å². The van der Waals surface area contributed by atoms with E-state index in [1.54, 1.807) is 36.4 Å². The predicted octanol–water partition coefficient (Wildman–Crippen LogP) is 3.41. The zero-order chi connectivity index (χ0) is 25.6. The highest BCUT2D eigenvalue weighted by molar-refractivity contribution is 6.24. The second kappa shape index (κ2) is 8.87. The normalized spacial score (nSPS) is 25.1. The number of esters is 1. The molecule has 36 heavy (non-hydrogen) atoms. The Kier molecular flexibility index (Phi) is 5.84. The average Bonchev–Trinajstić information content (AvgIpc) is 3.39. The molecule has 0 saturated carbocycles.